The number of amides is 1. The molecule has 0 aromatic carbocycles. The number of aliphatic hydroxyl groups excluding tert-OH is 1. The van der Waals surface area contributed by atoms with Crippen LogP contribution in [0.15, 0.2) is 16.8 Å². The van der Waals surface area contributed by atoms with Gasteiger partial charge in [-0.1, -0.05) is 0 Å². The van der Waals surface area contributed by atoms with Crippen molar-refractivity contribution in [3.63, 3.8) is 0 Å². The number of hydrogen-bond donors (Lipinski definition) is 2. The molecule has 0 aliphatic carbocycles. The number of carbonyl (C=O) groups excluding carboxylic acids is 1. The molecule has 4 nitrogen and oxygen atoms in total. The largest absolute Gasteiger partial charge is 0.387 e. The van der Waals surface area contributed by atoms with Gasteiger partial charge in [0.1, 0.15) is 0 Å². The molecule has 2 unspecified atom stereocenters. The van der Waals surface area contributed by atoms with Crippen molar-refractivity contribution in [2.24, 2.45) is 0 Å². The standard InChI is InChI=1S/C13H19NO3S/c15-12(10-5-7-18-9-10)8-14-13(16)4-3-11-2-1-6-17-11/h5,7,9,11-12,15H,1-4,6,8H2,(H,14,16). The first-order valence-corrected chi connectivity index (χ1v) is 7.28. The van der Waals surface area contributed by atoms with Crippen molar-refractivity contribution < 1.29 is 14.6 Å². The highest BCUT2D eigenvalue weighted by atomic mass is 32.1. The Hall–Kier alpha value is -0.910. The van der Waals surface area contributed by atoms with Crippen molar-refractivity contribution in [1.29, 1.82) is 0 Å². The third-order valence-electron chi connectivity index (χ3n) is 3.14. The molecule has 1 saturated heterocycles. The second-order valence-corrected chi connectivity index (χ2v) is 5.33. The number of rotatable bonds is 6. The van der Waals surface area contributed by atoms with Crippen LogP contribution in [0.5, 0.6) is 0 Å². The van der Waals surface area contributed by atoms with Crippen molar-refractivity contribution in [2.75, 3.05) is 13.2 Å². The van der Waals surface area contributed by atoms with Crippen LogP contribution in [0.1, 0.15) is 37.4 Å². The zero-order chi connectivity index (χ0) is 12.8. The van der Waals surface area contributed by atoms with Crippen LogP contribution in [0.3, 0.4) is 0 Å². The highest BCUT2D eigenvalue weighted by Crippen LogP contribution is 2.17. The minimum atomic E-state index is -0.608. The van der Waals surface area contributed by atoms with Crippen LogP contribution < -0.4 is 5.32 Å². The molecule has 1 aliphatic rings. The highest BCUT2D eigenvalue weighted by molar-refractivity contribution is 7.07. The van der Waals surface area contributed by atoms with Crippen LogP contribution in [0.25, 0.3) is 0 Å². The van der Waals surface area contributed by atoms with Crippen LogP contribution in [-0.2, 0) is 9.53 Å². The van der Waals surface area contributed by atoms with Gasteiger partial charge in [-0.05, 0) is 41.7 Å². The van der Waals surface area contributed by atoms with E-state index in [1.54, 1.807) is 11.3 Å². The van der Waals surface area contributed by atoms with E-state index in [0.717, 1.165) is 31.4 Å². The van der Waals surface area contributed by atoms with E-state index in [-0.39, 0.29) is 18.6 Å². The average molecular weight is 269 g/mol. The van der Waals surface area contributed by atoms with Crippen molar-refractivity contribution >= 4 is 17.2 Å². The molecular formula is C13H19NO3S. The Bertz CT molecular complexity index is 360. The molecule has 18 heavy (non-hydrogen) atoms. The highest BCUT2D eigenvalue weighted by Gasteiger charge is 2.17. The lowest BCUT2D eigenvalue weighted by molar-refractivity contribution is -0.122. The molecule has 2 heterocycles. The van der Waals surface area contributed by atoms with E-state index in [1.807, 2.05) is 16.8 Å². The maximum absolute atomic E-state index is 11.6. The Morgan fingerprint density at radius 2 is 2.56 bits per heavy atom. The van der Waals surface area contributed by atoms with Gasteiger partial charge in [0.25, 0.3) is 0 Å². The van der Waals surface area contributed by atoms with Crippen LogP contribution in [-0.4, -0.2) is 30.3 Å². The van der Waals surface area contributed by atoms with Crippen LogP contribution in [0.2, 0.25) is 0 Å². The molecule has 1 amide bonds. The minimum absolute atomic E-state index is 0.0141. The van der Waals surface area contributed by atoms with E-state index in [2.05, 4.69) is 5.32 Å². The number of hydrogen-bond acceptors (Lipinski definition) is 4. The van der Waals surface area contributed by atoms with Crippen molar-refractivity contribution in [3.8, 4) is 0 Å². The molecule has 0 spiro atoms. The lowest BCUT2D eigenvalue weighted by atomic mass is 10.1. The Balaban J connectivity index is 1.62. The molecule has 5 heteroatoms. The summed E-state index contributed by atoms with van der Waals surface area (Å²) in [6.07, 6.45) is 3.05. The van der Waals surface area contributed by atoms with Gasteiger partial charge in [-0.25, -0.2) is 0 Å². The van der Waals surface area contributed by atoms with Gasteiger partial charge in [0.2, 0.25) is 5.91 Å². The molecule has 100 valence electrons. The SMILES string of the molecule is O=C(CCC1CCCO1)NCC(O)c1ccsc1. The van der Waals surface area contributed by atoms with Gasteiger partial charge in [-0.3, -0.25) is 4.79 Å². The maximum atomic E-state index is 11.6. The van der Waals surface area contributed by atoms with Crippen LogP contribution in [0.4, 0.5) is 0 Å². The molecule has 2 N–H and O–H groups in total. The quantitative estimate of drug-likeness (QED) is 0.828. The fourth-order valence-electron chi connectivity index (χ4n) is 2.05. The van der Waals surface area contributed by atoms with Crippen molar-refractivity contribution in [2.45, 2.75) is 37.9 Å². The molecule has 1 aromatic rings. The zero-order valence-electron chi connectivity index (χ0n) is 10.3. The summed E-state index contributed by atoms with van der Waals surface area (Å²) in [5.41, 5.74) is 0.861. The third kappa shape index (κ3) is 4.08. The summed E-state index contributed by atoms with van der Waals surface area (Å²) < 4.78 is 5.46. The summed E-state index contributed by atoms with van der Waals surface area (Å²) in [6.45, 7) is 1.10. The van der Waals surface area contributed by atoms with Gasteiger partial charge in [-0.15, -0.1) is 0 Å². The van der Waals surface area contributed by atoms with Crippen molar-refractivity contribution in [1.82, 2.24) is 5.32 Å². The maximum Gasteiger partial charge on any atom is 0.220 e. The van der Waals surface area contributed by atoms with E-state index < -0.39 is 6.10 Å². The molecule has 0 bridgehead atoms. The number of carbonyl (C=O) groups is 1. The first kappa shape index (κ1) is 13.5. The van der Waals surface area contributed by atoms with E-state index in [9.17, 15) is 9.90 Å². The summed E-state index contributed by atoms with van der Waals surface area (Å²) in [4.78, 5) is 11.6. The van der Waals surface area contributed by atoms with Crippen LogP contribution >= 0.6 is 11.3 Å². The average Bonchev–Trinajstić information content (AvgIpc) is 3.05. The van der Waals surface area contributed by atoms with Gasteiger partial charge in [0.05, 0.1) is 12.2 Å². The lowest BCUT2D eigenvalue weighted by Crippen LogP contribution is -2.28. The Labute approximate surface area is 111 Å². The Kier molecular flexibility index (Phi) is 5.16. The van der Waals surface area contributed by atoms with Crippen molar-refractivity contribution in [3.05, 3.63) is 22.4 Å². The monoisotopic (exact) mass is 269 g/mol. The first-order chi connectivity index (χ1) is 8.75. The van der Waals surface area contributed by atoms with Gasteiger partial charge >= 0.3 is 0 Å². The number of ether oxygens (including phenoxy) is 1. The summed E-state index contributed by atoms with van der Waals surface area (Å²) in [6, 6.07) is 1.87. The predicted molar refractivity (Wildman–Crippen MR) is 70.5 cm³/mol. The molecule has 0 saturated carbocycles. The molecule has 1 fully saturated rings. The number of aliphatic hydroxyl groups is 1. The normalized spacial score (nSPS) is 20.8. The number of nitrogens with one attached hydrogen (secondary N) is 1. The Morgan fingerprint density at radius 3 is 3.22 bits per heavy atom. The third-order valence-corrected chi connectivity index (χ3v) is 3.84. The van der Waals surface area contributed by atoms with E-state index in [0.29, 0.717) is 6.42 Å². The summed E-state index contributed by atoms with van der Waals surface area (Å²) in [5.74, 6) is -0.0141. The van der Waals surface area contributed by atoms with Gasteiger partial charge in [-0.2, -0.15) is 11.3 Å². The van der Waals surface area contributed by atoms with E-state index in [1.165, 1.54) is 0 Å². The first-order valence-electron chi connectivity index (χ1n) is 6.34. The Morgan fingerprint density at radius 1 is 1.67 bits per heavy atom. The smallest absolute Gasteiger partial charge is 0.220 e. The topological polar surface area (TPSA) is 58.6 Å². The molecule has 1 aromatic heterocycles. The number of thiophene rings is 1. The molecular weight excluding hydrogens is 250 g/mol. The van der Waals surface area contributed by atoms with E-state index >= 15 is 0 Å². The van der Waals surface area contributed by atoms with Gasteiger partial charge in [0, 0.05) is 19.6 Å². The molecule has 2 rings (SSSR count). The van der Waals surface area contributed by atoms with Crippen LogP contribution in [0, 0.1) is 0 Å². The second-order valence-electron chi connectivity index (χ2n) is 4.55. The minimum Gasteiger partial charge on any atom is -0.387 e. The van der Waals surface area contributed by atoms with Gasteiger partial charge in [0.15, 0.2) is 0 Å². The molecule has 0 radical (unpaired) electrons. The zero-order valence-corrected chi connectivity index (χ0v) is 11.1. The summed E-state index contributed by atoms with van der Waals surface area (Å²) in [5, 5.41) is 16.4. The summed E-state index contributed by atoms with van der Waals surface area (Å²) >= 11 is 1.54. The summed E-state index contributed by atoms with van der Waals surface area (Å²) in [7, 11) is 0. The lowest BCUT2D eigenvalue weighted by Gasteiger charge is -2.12. The fraction of sp³-hybridized carbons (Fsp3) is 0.615. The second kappa shape index (κ2) is 6.87. The van der Waals surface area contributed by atoms with E-state index in [4.69, 9.17) is 4.74 Å². The molecule has 1 aliphatic heterocycles. The van der Waals surface area contributed by atoms with Gasteiger partial charge < -0.3 is 15.2 Å². The predicted octanol–water partition coefficient (Wildman–Crippen LogP) is 1.86. The molecule has 2 atom stereocenters. The fourth-order valence-corrected chi connectivity index (χ4v) is 2.75.